The fourth-order valence-corrected chi connectivity index (χ4v) is 3.43. The molecule has 26 heavy (non-hydrogen) atoms. The van der Waals surface area contributed by atoms with Gasteiger partial charge in [0.05, 0.1) is 26.4 Å². The summed E-state index contributed by atoms with van der Waals surface area (Å²) in [6, 6.07) is 0. The Labute approximate surface area is 159 Å². The predicted octanol–water partition coefficient (Wildman–Crippen LogP) is 2.90. The van der Waals surface area contributed by atoms with Gasteiger partial charge in [-0.2, -0.15) is 0 Å². The molecule has 2 saturated heterocycles. The van der Waals surface area contributed by atoms with Crippen LogP contribution in [0.5, 0.6) is 0 Å². The largest absolute Gasteiger partial charge is 0.399 e. The van der Waals surface area contributed by atoms with E-state index in [-0.39, 0.29) is 0 Å². The first-order valence-corrected chi connectivity index (χ1v) is 10.2. The van der Waals surface area contributed by atoms with Crippen LogP contribution in [0.1, 0.15) is 39.5 Å². The van der Waals surface area contributed by atoms with Crippen LogP contribution in [0.4, 0.5) is 0 Å². The molecular formula is C21H37N3O2. The van der Waals surface area contributed by atoms with Crippen LogP contribution in [0.2, 0.25) is 0 Å². The molecule has 148 valence electrons. The number of ether oxygens (including phenoxy) is 2. The van der Waals surface area contributed by atoms with Gasteiger partial charge < -0.3 is 20.1 Å². The number of rotatable bonds is 9. The van der Waals surface area contributed by atoms with Gasteiger partial charge >= 0.3 is 0 Å². The average Bonchev–Trinajstić information content (AvgIpc) is 2.69. The highest BCUT2D eigenvalue weighted by Crippen LogP contribution is 2.24. The number of hydrogen-bond acceptors (Lipinski definition) is 5. The van der Waals surface area contributed by atoms with E-state index < -0.39 is 0 Å². The van der Waals surface area contributed by atoms with Gasteiger partial charge in [-0.1, -0.05) is 25.5 Å². The van der Waals surface area contributed by atoms with Gasteiger partial charge in [0.1, 0.15) is 0 Å². The summed E-state index contributed by atoms with van der Waals surface area (Å²) in [6.07, 6.45) is 11.0. The van der Waals surface area contributed by atoms with Gasteiger partial charge in [0, 0.05) is 37.6 Å². The molecule has 2 aliphatic rings. The first-order valence-electron chi connectivity index (χ1n) is 10.2. The van der Waals surface area contributed by atoms with Crippen LogP contribution >= 0.6 is 0 Å². The van der Waals surface area contributed by atoms with E-state index in [4.69, 9.17) is 15.2 Å². The van der Waals surface area contributed by atoms with Crippen molar-refractivity contribution in [1.29, 1.82) is 0 Å². The topological polar surface area (TPSA) is 51.0 Å². The van der Waals surface area contributed by atoms with E-state index in [2.05, 4.69) is 28.9 Å². The molecular weight excluding hydrogens is 326 g/mol. The van der Waals surface area contributed by atoms with Gasteiger partial charge in [-0.05, 0) is 44.4 Å². The van der Waals surface area contributed by atoms with Crippen LogP contribution in [0, 0.1) is 0 Å². The van der Waals surface area contributed by atoms with Crippen molar-refractivity contribution < 1.29 is 9.47 Å². The average molecular weight is 364 g/mol. The van der Waals surface area contributed by atoms with Gasteiger partial charge in [-0.15, -0.1) is 0 Å². The lowest BCUT2D eigenvalue weighted by Gasteiger charge is -2.33. The minimum atomic E-state index is 0.809. The van der Waals surface area contributed by atoms with Crippen LogP contribution in [-0.2, 0) is 9.47 Å². The third-order valence-corrected chi connectivity index (χ3v) is 5.01. The van der Waals surface area contributed by atoms with Gasteiger partial charge in [0.2, 0.25) is 0 Å². The van der Waals surface area contributed by atoms with Gasteiger partial charge in [-0.3, -0.25) is 4.90 Å². The molecule has 2 fully saturated rings. The van der Waals surface area contributed by atoms with Crippen LogP contribution in [0.3, 0.4) is 0 Å². The molecule has 0 unspecified atom stereocenters. The highest BCUT2D eigenvalue weighted by atomic mass is 16.5. The first-order chi connectivity index (χ1) is 12.7. The molecule has 0 radical (unpaired) electrons. The Morgan fingerprint density at radius 2 is 1.69 bits per heavy atom. The molecule has 0 aromatic heterocycles. The highest BCUT2D eigenvalue weighted by molar-refractivity contribution is 5.36. The Bertz CT molecular complexity index is 487. The normalized spacial score (nSPS) is 21.3. The molecule has 0 atom stereocenters. The van der Waals surface area contributed by atoms with E-state index in [1.165, 1.54) is 11.3 Å². The number of morpholine rings is 2. The Hall–Kier alpha value is -1.30. The lowest BCUT2D eigenvalue weighted by atomic mass is 10.0. The van der Waals surface area contributed by atoms with Crippen LogP contribution in [-0.4, -0.2) is 69.0 Å². The monoisotopic (exact) mass is 363 g/mol. The van der Waals surface area contributed by atoms with E-state index in [9.17, 15) is 0 Å². The number of nitrogens with two attached hydrogens (primary N) is 1. The standard InChI is InChI=1S/C21H37N3O2/c1-3-5-8-21(24-12-16-26-17-13-24)19(18-20(22)4-2)7-6-9-23-10-14-25-15-11-23/h4,8,18H,3,5-7,9-17,22H2,1-2H3/b19-18-,20-4+,21-8-. The molecule has 0 aromatic carbocycles. The maximum atomic E-state index is 6.17. The van der Waals surface area contributed by atoms with Gasteiger partial charge in [-0.25, -0.2) is 0 Å². The highest BCUT2D eigenvalue weighted by Gasteiger charge is 2.18. The van der Waals surface area contributed by atoms with Crippen molar-refractivity contribution in [2.45, 2.75) is 39.5 Å². The van der Waals surface area contributed by atoms with E-state index >= 15 is 0 Å². The zero-order valence-corrected chi connectivity index (χ0v) is 16.7. The minimum absolute atomic E-state index is 0.809. The van der Waals surface area contributed by atoms with Crippen molar-refractivity contribution >= 4 is 0 Å². The molecule has 2 heterocycles. The fourth-order valence-electron chi connectivity index (χ4n) is 3.43. The SMILES string of the molecule is C\C=C(N)/C=C(CCCN1CCOCC1)\C(=C\CCC)N1CCOCC1. The maximum absolute atomic E-state index is 6.17. The van der Waals surface area contributed by atoms with E-state index in [0.29, 0.717) is 0 Å². The van der Waals surface area contributed by atoms with Crippen molar-refractivity contribution in [2.75, 3.05) is 59.2 Å². The summed E-state index contributed by atoms with van der Waals surface area (Å²) in [5.41, 5.74) is 9.75. The first kappa shape index (κ1) is 21.0. The summed E-state index contributed by atoms with van der Waals surface area (Å²) in [6.45, 7) is 12.7. The van der Waals surface area contributed by atoms with Crippen molar-refractivity contribution in [2.24, 2.45) is 5.73 Å². The molecule has 2 N–H and O–H groups in total. The molecule has 2 rings (SSSR count). The second-order valence-electron chi connectivity index (χ2n) is 6.99. The number of unbranched alkanes of at least 4 members (excludes halogenated alkanes) is 1. The Kier molecular flexibility index (Phi) is 9.82. The molecule has 0 saturated carbocycles. The van der Waals surface area contributed by atoms with Crippen LogP contribution < -0.4 is 5.73 Å². The van der Waals surface area contributed by atoms with E-state index in [1.54, 1.807) is 0 Å². The third-order valence-electron chi connectivity index (χ3n) is 5.01. The van der Waals surface area contributed by atoms with Gasteiger partial charge in [0.25, 0.3) is 0 Å². The van der Waals surface area contributed by atoms with E-state index in [0.717, 1.165) is 90.5 Å². The lowest BCUT2D eigenvalue weighted by Crippen LogP contribution is -2.37. The fraction of sp³-hybridized carbons (Fsp3) is 0.714. The smallest absolute Gasteiger partial charge is 0.0642 e. The third kappa shape index (κ3) is 7.14. The zero-order valence-electron chi connectivity index (χ0n) is 16.7. The molecule has 0 spiro atoms. The summed E-state index contributed by atoms with van der Waals surface area (Å²) < 4.78 is 11.0. The molecule has 0 amide bonds. The van der Waals surface area contributed by atoms with Crippen molar-refractivity contribution in [1.82, 2.24) is 9.80 Å². The quantitative estimate of drug-likeness (QED) is 0.638. The minimum Gasteiger partial charge on any atom is -0.399 e. The molecule has 0 aromatic rings. The number of allylic oxidation sites excluding steroid dienone is 4. The van der Waals surface area contributed by atoms with Crippen LogP contribution in [0.25, 0.3) is 0 Å². The summed E-state index contributed by atoms with van der Waals surface area (Å²) in [7, 11) is 0. The van der Waals surface area contributed by atoms with E-state index in [1.807, 2.05) is 13.0 Å². The molecule has 0 aliphatic carbocycles. The zero-order chi connectivity index (χ0) is 18.6. The molecule has 0 bridgehead atoms. The second-order valence-corrected chi connectivity index (χ2v) is 6.99. The Morgan fingerprint density at radius 3 is 2.31 bits per heavy atom. The van der Waals surface area contributed by atoms with Crippen LogP contribution in [0.15, 0.2) is 35.2 Å². The Balaban J connectivity index is 2.07. The molecule has 5 heteroatoms. The summed E-state index contributed by atoms with van der Waals surface area (Å²) >= 11 is 0. The van der Waals surface area contributed by atoms with Crippen molar-refractivity contribution in [3.63, 3.8) is 0 Å². The predicted molar refractivity (Wildman–Crippen MR) is 108 cm³/mol. The number of hydrogen-bond donors (Lipinski definition) is 1. The summed E-state index contributed by atoms with van der Waals surface area (Å²) in [4.78, 5) is 4.98. The number of nitrogens with zero attached hydrogens (tertiary/aromatic N) is 2. The lowest BCUT2D eigenvalue weighted by molar-refractivity contribution is 0.0373. The molecule has 2 aliphatic heterocycles. The summed E-state index contributed by atoms with van der Waals surface area (Å²) in [5, 5.41) is 0. The van der Waals surface area contributed by atoms with Crippen molar-refractivity contribution in [3.05, 3.63) is 35.2 Å². The second kappa shape index (κ2) is 12.2. The molecule has 5 nitrogen and oxygen atoms in total. The Morgan fingerprint density at radius 1 is 1.04 bits per heavy atom. The summed E-state index contributed by atoms with van der Waals surface area (Å²) in [5.74, 6) is 0. The van der Waals surface area contributed by atoms with Gasteiger partial charge in [0.15, 0.2) is 0 Å². The van der Waals surface area contributed by atoms with Crippen molar-refractivity contribution in [3.8, 4) is 0 Å². The maximum Gasteiger partial charge on any atom is 0.0642 e.